The Morgan fingerprint density at radius 3 is 2.14 bits per heavy atom. The summed E-state index contributed by atoms with van der Waals surface area (Å²) in [5, 5.41) is 3.54. The molecule has 0 spiro atoms. The van der Waals surface area contributed by atoms with E-state index in [1.54, 1.807) is 0 Å². The second-order valence-electron chi connectivity index (χ2n) is 7.10. The zero-order chi connectivity index (χ0) is 15.3. The van der Waals surface area contributed by atoms with Crippen LogP contribution in [0.5, 0.6) is 0 Å². The van der Waals surface area contributed by atoms with Gasteiger partial charge in [0.25, 0.3) is 0 Å². The van der Waals surface area contributed by atoms with Gasteiger partial charge in [-0.05, 0) is 51.4 Å². The van der Waals surface area contributed by atoms with E-state index in [1.807, 2.05) is 0 Å². The molecule has 1 N–H and O–H groups in total. The van der Waals surface area contributed by atoms with E-state index in [0.717, 1.165) is 19.6 Å². The minimum Gasteiger partial charge on any atom is -0.369 e. The first-order valence-electron chi connectivity index (χ1n) is 8.29. The van der Waals surface area contributed by atoms with Crippen molar-refractivity contribution in [2.75, 3.05) is 37.6 Å². The second-order valence-corrected chi connectivity index (χ2v) is 7.10. The highest BCUT2D eigenvalue weighted by Gasteiger charge is 2.16. The van der Waals surface area contributed by atoms with Crippen molar-refractivity contribution in [2.24, 2.45) is 0 Å². The van der Waals surface area contributed by atoms with Crippen LogP contribution in [-0.4, -0.2) is 43.2 Å². The Balaban J connectivity index is 1.85. The van der Waals surface area contributed by atoms with Crippen molar-refractivity contribution in [3.63, 3.8) is 0 Å². The largest absolute Gasteiger partial charge is 0.369 e. The summed E-state index contributed by atoms with van der Waals surface area (Å²) in [5.41, 5.74) is 2.90. The SMILES string of the molecule is CCCN1CCN(c2ccc(CNC(C)(C)C)cc2)CC1. The Kier molecular flexibility index (Phi) is 5.65. The van der Waals surface area contributed by atoms with Crippen molar-refractivity contribution in [3.05, 3.63) is 29.8 Å². The molecule has 1 aliphatic rings. The number of anilines is 1. The average molecular weight is 289 g/mol. The van der Waals surface area contributed by atoms with E-state index in [0.29, 0.717) is 0 Å². The lowest BCUT2D eigenvalue weighted by atomic mass is 10.1. The molecule has 1 aromatic rings. The molecule has 2 rings (SSSR count). The molecule has 118 valence electrons. The minimum absolute atomic E-state index is 0.175. The van der Waals surface area contributed by atoms with E-state index >= 15 is 0 Å². The van der Waals surface area contributed by atoms with Crippen LogP contribution in [0.4, 0.5) is 5.69 Å². The Labute approximate surface area is 130 Å². The topological polar surface area (TPSA) is 18.5 Å². The third kappa shape index (κ3) is 5.33. The van der Waals surface area contributed by atoms with E-state index in [1.165, 1.54) is 37.3 Å². The van der Waals surface area contributed by atoms with Crippen molar-refractivity contribution in [2.45, 2.75) is 46.2 Å². The first-order chi connectivity index (χ1) is 9.98. The molecule has 3 nitrogen and oxygen atoms in total. The highest BCUT2D eigenvalue weighted by Crippen LogP contribution is 2.18. The van der Waals surface area contributed by atoms with Gasteiger partial charge in [-0.25, -0.2) is 0 Å². The Bertz CT molecular complexity index is 411. The quantitative estimate of drug-likeness (QED) is 0.898. The summed E-state index contributed by atoms with van der Waals surface area (Å²) in [5.74, 6) is 0. The van der Waals surface area contributed by atoms with Gasteiger partial charge in [0, 0.05) is 44.0 Å². The van der Waals surface area contributed by atoms with Gasteiger partial charge in [0.05, 0.1) is 0 Å². The molecule has 0 amide bonds. The second kappa shape index (κ2) is 7.28. The molecule has 0 bridgehead atoms. The number of benzene rings is 1. The van der Waals surface area contributed by atoms with E-state index in [2.05, 4.69) is 67.1 Å². The predicted molar refractivity (Wildman–Crippen MR) is 92.0 cm³/mol. The van der Waals surface area contributed by atoms with Crippen LogP contribution >= 0.6 is 0 Å². The summed E-state index contributed by atoms with van der Waals surface area (Å²) < 4.78 is 0. The molecule has 21 heavy (non-hydrogen) atoms. The van der Waals surface area contributed by atoms with Crippen molar-refractivity contribution < 1.29 is 0 Å². The van der Waals surface area contributed by atoms with Gasteiger partial charge in [0.15, 0.2) is 0 Å². The van der Waals surface area contributed by atoms with Crippen molar-refractivity contribution in [1.82, 2.24) is 10.2 Å². The monoisotopic (exact) mass is 289 g/mol. The smallest absolute Gasteiger partial charge is 0.0367 e. The zero-order valence-corrected chi connectivity index (χ0v) is 14.2. The number of hydrogen-bond donors (Lipinski definition) is 1. The van der Waals surface area contributed by atoms with Gasteiger partial charge in [-0.2, -0.15) is 0 Å². The summed E-state index contributed by atoms with van der Waals surface area (Å²) in [6.45, 7) is 15.8. The first-order valence-corrected chi connectivity index (χ1v) is 8.29. The molecule has 0 radical (unpaired) electrons. The molecule has 1 aliphatic heterocycles. The van der Waals surface area contributed by atoms with Gasteiger partial charge < -0.3 is 10.2 Å². The summed E-state index contributed by atoms with van der Waals surface area (Å²) >= 11 is 0. The molecule has 0 unspecified atom stereocenters. The average Bonchev–Trinajstić information content (AvgIpc) is 2.46. The van der Waals surface area contributed by atoms with E-state index in [-0.39, 0.29) is 5.54 Å². The standard InChI is InChI=1S/C18H31N3/c1-5-10-20-11-13-21(14-12-20)17-8-6-16(7-9-17)15-19-18(2,3)4/h6-9,19H,5,10-15H2,1-4H3. The number of piperazine rings is 1. The van der Waals surface area contributed by atoms with E-state index < -0.39 is 0 Å². The summed E-state index contributed by atoms with van der Waals surface area (Å²) in [7, 11) is 0. The number of nitrogens with one attached hydrogen (secondary N) is 1. The molecule has 1 fully saturated rings. The molecule has 0 aromatic heterocycles. The fourth-order valence-corrected chi connectivity index (χ4v) is 2.74. The van der Waals surface area contributed by atoms with Crippen LogP contribution in [0.1, 0.15) is 39.7 Å². The molecule has 3 heteroatoms. The van der Waals surface area contributed by atoms with Crippen molar-refractivity contribution in [3.8, 4) is 0 Å². The summed E-state index contributed by atoms with van der Waals surface area (Å²) in [6, 6.07) is 9.06. The molecule has 1 heterocycles. The van der Waals surface area contributed by atoms with Gasteiger partial charge >= 0.3 is 0 Å². The predicted octanol–water partition coefficient (Wildman–Crippen LogP) is 3.11. The number of rotatable bonds is 5. The van der Waals surface area contributed by atoms with Gasteiger partial charge in [0.1, 0.15) is 0 Å². The van der Waals surface area contributed by atoms with Crippen LogP contribution in [0.15, 0.2) is 24.3 Å². The van der Waals surface area contributed by atoms with Gasteiger partial charge in [0.2, 0.25) is 0 Å². The fraction of sp³-hybridized carbons (Fsp3) is 0.667. The van der Waals surface area contributed by atoms with Crippen molar-refractivity contribution >= 4 is 5.69 Å². The fourth-order valence-electron chi connectivity index (χ4n) is 2.74. The van der Waals surface area contributed by atoms with Crippen LogP contribution in [0, 0.1) is 0 Å². The summed E-state index contributed by atoms with van der Waals surface area (Å²) in [6.07, 6.45) is 1.26. The van der Waals surface area contributed by atoms with E-state index in [4.69, 9.17) is 0 Å². The minimum atomic E-state index is 0.175. The van der Waals surface area contributed by atoms with Crippen LogP contribution in [-0.2, 0) is 6.54 Å². The molecular weight excluding hydrogens is 258 g/mol. The lowest BCUT2D eigenvalue weighted by Crippen LogP contribution is -2.46. The number of hydrogen-bond acceptors (Lipinski definition) is 3. The summed E-state index contributed by atoms with van der Waals surface area (Å²) in [4.78, 5) is 5.07. The third-order valence-corrected chi connectivity index (χ3v) is 4.04. The Hall–Kier alpha value is -1.06. The zero-order valence-electron chi connectivity index (χ0n) is 14.2. The molecule has 1 aromatic carbocycles. The molecular formula is C18H31N3. The Morgan fingerprint density at radius 1 is 1.00 bits per heavy atom. The molecule has 0 aliphatic carbocycles. The van der Waals surface area contributed by atoms with E-state index in [9.17, 15) is 0 Å². The highest BCUT2D eigenvalue weighted by atomic mass is 15.3. The molecule has 0 atom stereocenters. The maximum atomic E-state index is 3.54. The van der Waals surface area contributed by atoms with Crippen LogP contribution < -0.4 is 10.2 Å². The first kappa shape index (κ1) is 16.3. The maximum Gasteiger partial charge on any atom is 0.0367 e. The van der Waals surface area contributed by atoms with Crippen LogP contribution in [0.25, 0.3) is 0 Å². The number of nitrogens with zero attached hydrogens (tertiary/aromatic N) is 2. The Morgan fingerprint density at radius 2 is 1.62 bits per heavy atom. The molecule has 0 saturated carbocycles. The van der Waals surface area contributed by atoms with Gasteiger partial charge in [-0.1, -0.05) is 19.1 Å². The van der Waals surface area contributed by atoms with Crippen LogP contribution in [0.3, 0.4) is 0 Å². The van der Waals surface area contributed by atoms with Gasteiger partial charge in [-0.15, -0.1) is 0 Å². The maximum absolute atomic E-state index is 3.54. The lowest BCUT2D eigenvalue weighted by Gasteiger charge is -2.36. The van der Waals surface area contributed by atoms with Gasteiger partial charge in [-0.3, -0.25) is 4.90 Å². The normalized spacial score (nSPS) is 17.2. The lowest BCUT2D eigenvalue weighted by molar-refractivity contribution is 0.258. The molecule has 1 saturated heterocycles. The van der Waals surface area contributed by atoms with Crippen LogP contribution in [0.2, 0.25) is 0 Å². The highest BCUT2D eigenvalue weighted by molar-refractivity contribution is 5.48. The third-order valence-electron chi connectivity index (χ3n) is 4.04. The van der Waals surface area contributed by atoms with Crippen molar-refractivity contribution in [1.29, 1.82) is 0 Å².